The van der Waals surface area contributed by atoms with Crippen molar-refractivity contribution in [2.45, 2.75) is 12.5 Å². The van der Waals surface area contributed by atoms with Crippen molar-refractivity contribution in [3.8, 4) is 5.69 Å². The lowest BCUT2D eigenvalue weighted by Crippen LogP contribution is -2.28. The van der Waals surface area contributed by atoms with E-state index in [2.05, 4.69) is 15.6 Å². The predicted molar refractivity (Wildman–Crippen MR) is 94.6 cm³/mol. The Labute approximate surface area is 148 Å². The summed E-state index contributed by atoms with van der Waals surface area (Å²) < 4.78 is 15.5. The van der Waals surface area contributed by atoms with Crippen molar-refractivity contribution in [1.82, 2.24) is 9.78 Å². The van der Waals surface area contributed by atoms with E-state index < -0.39 is 6.10 Å². The second-order valence-corrected chi connectivity index (χ2v) is 5.80. The Morgan fingerprint density at radius 3 is 2.69 bits per heavy atom. The third-order valence-electron chi connectivity index (χ3n) is 4.05. The number of nitrogens with zero attached hydrogens (tertiary/aromatic N) is 3. The van der Waals surface area contributed by atoms with Crippen LogP contribution in [0.5, 0.6) is 0 Å². The minimum Gasteiger partial charge on any atom is -0.382 e. The van der Waals surface area contributed by atoms with Crippen LogP contribution in [-0.2, 0) is 9.63 Å². The fourth-order valence-electron chi connectivity index (χ4n) is 2.71. The van der Waals surface area contributed by atoms with Gasteiger partial charge in [-0.2, -0.15) is 5.10 Å². The number of carbonyl (C=O) groups excluding carboxylic acids is 1. The molecule has 1 aliphatic rings. The Balaban J connectivity index is 1.40. The van der Waals surface area contributed by atoms with E-state index in [1.54, 1.807) is 41.2 Å². The second-order valence-electron chi connectivity index (χ2n) is 5.80. The van der Waals surface area contributed by atoms with Crippen molar-refractivity contribution in [3.05, 3.63) is 78.4 Å². The summed E-state index contributed by atoms with van der Waals surface area (Å²) in [6.45, 7) is 0. The van der Waals surface area contributed by atoms with Gasteiger partial charge in [-0.3, -0.25) is 4.79 Å². The molecule has 1 amide bonds. The highest BCUT2D eigenvalue weighted by molar-refractivity contribution is 6.06. The molecule has 0 bridgehead atoms. The number of hydrogen-bond donors (Lipinski definition) is 1. The fraction of sp³-hybridized carbons (Fsp3) is 0.105. The molecule has 1 N–H and O–H groups in total. The predicted octanol–water partition coefficient (Wildman–Crippen LogP) is 3.14. The Kier molecular flexibility index (Phi) is 4.18. The van der Waals surface area contributed by atoms with Crippen molar-refractivity contribution >= 4 is 17.3 Å². The lowest BCUT2D eigenvalue weighted by Gasteiger charge is -2.10. The van der Waals surface area contributed by atoms with Crippen molar-refractivity contribution in [3.63, 3.8) is 0 Å². The maximum Gasteiger partial charge on any atom is 0.268 e. The normalized spacial score (nSPS) is 16.0. The van der Waals surface area contributed by atoms with E-state index in [-0.39, 0.29) is 18.1 Å². The molecular weight excluding hydrogens is 335 g/mol. The van der Waals surface area contributed by atoms with Gasteiger partial charge in [0.05, 0.1) is 11.4 Å². The summed E-state index contributed by atoms with van der Waals surface area (Å²) in [4.78, 5) is 17.6. The molecule has 6 nitrogen and oxygen atoms in total. The minimum absolute atomic E-state index is 0.220. The van der Waals surface area contributed by atoms with E-state index in [4.69, 9.17) is 4.84 Å². The molecular formula is C19H15FN4O2. The van der Waals surface area contributed by atoms with Gasteiger partial charge in [0, 0.05) is 30.1 Å². The zero-order valence-corrected chi connectivity index (χ0v) is 13.7. The molecule has 3 aromatic rings. The molecule has 1 unspecified atom stereocenters. The summed E-state index contributed by atoms with van der Waals surface area (Å²) in [6, 6.07) is 15.4. The van der Waals surface area contributed by atoms with Gasteiger partial charge in [-0.15, -0.1) is 0 Å². The van der Waals surface area contributed by atoms with Crippen LogP contribution in [0.25, 0.3) is 5.69 Å². The maximum atomic E-state index is 13.8. The van der Waals surface area contributed by atoms with Crippen LogP contribution in [-0.4, -0.2) is 27.5 Å². The first-order valence-electron chi connectivity index (χ1n) is 8.09. The van der Waals surface area contributed by atoms with E-state index in [0.717, 1.165) is 5.69 Å². The number of nitrogens with one attached hydrogen (secondary N) is 1. The van der Waals surface area contributed by atoms with Gasteiger partial charge < -0.3 is 10.2 Å². The SMILES string of the molecule is O=C(Nc1ccc(-n2cccn2)cc1)C1CC(c2ccccc2F)=NO1. The molecule has 7 heteroatoms. The zero-order chi connectivity index (χ0) is 17.9. The fourth-order valence-corrected chi connectivity index (χ4v) is 2.71. The number of aromatic nitrogens is 2. The average Bonchev–Trinajstić information content (AvgIpc) is 3.35. The van der Waals surface area contributed by atoms with Gasteiger partial charge in [0.25, 0.3) is 5.91 Å². The van der Waals surface area contributed by atoms with E-state index in [1.807, 2.05) is 24.4 Å². The molecule has 0 saturated heterocycles. The molecule has 1 aliphatic heterocycles. The summed E-state index contributed by atoms with van der Waals surface area (Å²) >= 11 is 0. The quantitative estimate of drug-likeness (QED) is 0.786. The first-order valence-corrected chi connectivity index (χ1v) is 8.09. The largest absolute Gasteiger partial charge is 0.382 e. The number of anilines is 1. The molecule has 1 atom stereocenters. The molecule has 0 aliphatic carbocycles. The van der Waals surface area contributed by atoms with Gasteiger partial charge in [0.1, 0.15) is 5.82 Å². The van der Waals surface area contributed by atoms with Crippen LogP contribution >= 0.6 is 0 Å². The summed E-state index contributed by atoms with van der Waals surface area (Å²) in [5.74, 6) is -0.711. The third kappa shape index (κ3) is 3.19. The van der Waals surface area contributed by atoms with E-state index in [9.17, 15) is 9.18 Å². The second kappa shape index (κ2) is 6.79. The van der Waals surface area contributed by atoms with Crippen molar-refractivity contribution in [1.29, 1.82) is 0 Å². The van der Waals surface area contributed by atoms with Crippen molar-refractivity contribution < 1.29 is 14.0 Å². The smallest absolute Gasteiger partial charge is 0.268 e. The molecule has 0 spiro atoms. The van der Waals surface area contributed by atoms with Gasteiger partial charge in [-0.1, -0.05) is 23.4 Å². The van der Waals surface area contributed by atoms with Crippen LogP contribution in [0.15, 0.2) is 72.1 Å². The van der Waals surface area contributed by atoms with Crippen LogP contribution < -0.4 is 5.32 Å². The van der Waals surface area contributed by atoms with Crippen molar-refractivity contribution in [2.75, 3.05) is 5.32 Å². The highest BCUT2D eigenvalue weighted by Gasteiger charge is 2.30. The van der Waals surface area contributed by atoms with E-state index >= 15 is 0 Å². The maximum absolute atomic E-state index is 13.8. The molecule has 1 aromatic heterocycles. The summed E-state index contributed by atoms with van der Waals surface area (Å²) in [6.07, 6.45) is 2.97. The molecule has 4 rings (SSSR count). The van der Waals surface area contributed by atoms with E-state index in [0.29, 0.717) is 17.0 Å². The van der Waals surface area contributed by atoms with Crippen LogP contribution in [0, 0.1) is 5.82 Å². The summed E-state index contributed by atoms with van der Waals surface area (Å²) in [5.41, 5.74) is 2.30. The first kappa shape index (κ1) is 16.0. The zero-order valence-electron chi connectivity index (χ0n) is 13.7. The molecule has 0 radical (unpaired) electrons. The highest BCUT2D eigenvalue weighted by atomic mass is 19.1. The number of oxime groups is 1. The molecule has 2 aromatic carbocycles. The third-order valence-corrected chi connectivity index (χ3v) is 4.05. The van der Waals surface area contributed by atoms with Crippen molar-refractivity contribution in [2.24, 2.45) is 5.16 Å². The van der Waals surface area contributed by atoms with Gasteiger partial charge in [0.2, 0.25) is 6.10 Å². The van der Waals surface area contributed by atoms with Gasteiger partial charge in [-0.25, -0.2) is 9.07 Å². The number of carbonyl (C=O) groups is 1. The number of amides is 1. The minimum atomic E-state index is -0.782. The monoisotopic (exact) mass is 350 g/mol. The Morgan fingerprint density at radius 2 is 1.96 bits per heavy atom. The lowest BCUT2D eigenvalue weighted by molar-refractivity contribution is -0.125. The molecule has 0 saturated carbocycles. The number of rotatable bonds is 4. The highest BCUT2D eigenvalue weighted by Crippen LogP contribution is 2.20. The van der Waals surface area contributed by atoms with Gasteiger partial charge in [-0.05, 0) is 36.4 Å². The number of hydrogen-bond acceptors (Lipinski definition) is 4. The van der Waals surface area contributed by atoms with Gasteiger partial charge >= 0.3 is 0 Å². The molecule has 26 heavy (non-hydrogen) atoms. The average molecular weight is 350 g/mol. The van der Waals surface area contributed by atoms with E-state index in [1.165, 1.54) is 6.07 Å². The summed E-state index contributed by atoms with van der Waals surface area (Å²) in [7, 11) is 0. The summed E-state index contributed by atoms with van der Waals surface area (Å²) in [5, 5.41) is 10.8. The number of halogens is 1. The Hall–Kier alpha value is -3.48. The van der Waals surface area contributed by atoms with Gasteiger partial charge in [0.15, 0.2) is 0 Å². The molecule has 2 heterocycles. The standard InChI is InChI=1S/C19H15FN4O2/c20-16-5-2-1-4-15(16)17-12-18(26-23-17)19(25)22-13-6-8-14(9-7-13)24-11-3-10-21-24/h1-11,18H,12H2,(H,22,25). The van der Waals surface area contributed by atoms with Crippen LogP contribution in [0.2, 0.25) is 0 Å². The van der Waals surface area contributed by atoms with Crippen LogP contribution in [0.4, 0.5) is 10.1 Å². The molecule has 0 fully saturated rings. The first-order chi connectivity index (χ1) is 12.7. The van der Waals surface area contributed by atoms with Crippen LogP contribution in [0.1, 0.15) is 12.0 Å². The molecule has 130 valence electrons. The van der Waals surface area contributed by atoms with Crippen LogP contribution in [0.3, 0.4) is 0 Å². The topological polar surface area (TPSA) is 68.5 Å². The lowest BCUT2D eigenvalue weighted by atomic mass is 10.0. The Bertz CT molecular complexity index is 952. The number of benzene rings is 2. The Morgan fingerprint density at radius 1 is 1.15 bits per heavy atom.